The lowest BCUT2D eigenvalue weighted by molar-refractivity contribution is -0.166. The van der Waals surface area contributed by atoms with E-state index >= 15 is 0 Å². The Morgan fingerprint density at radius 3 is 3.03 bits per heavy atom. The van der Waals surface area contributed by atoms with E-state index in [4.69, 9.17) is 14.2 Å². The van der Waals surface area contributed by atoms with Gasteiger partial charge in [-0.05, 0) is 49.6 Å². The van der Waals surface area contributed by atoms with Gasteiger partial charge in [-0.1, -0.05) is 5.21 Å². The number of amides is 1. The van der Waals surface area contributed by atoms with Gasteiger partial charge in [0.05, 0.1) is 42.6 Å². The van der Waals surface area contributed by atoms with Crippen LogP contribution < -0.4 is 4.74 Å². The van der Waals surface area contributed by atoms with Crippen molar-refractivity contribution < 1.29 is 19.0 Å². The number of hydrogen-bond acceptors (Lipinski definition) is 7. The molecule has 4 aliphatic heterocycles. The second-order valence-corrected chi connectivity index (χ2v) is 10.3. The topological polar surface area (TPSA) is 91.6 Å². The number of carbonyl (C=O) groups is 1. The summed E-state index contributed by atoms with van der Waals surface area (Å²) in [5.74, 6) is 0.869. The summed E-state index contributed by atoms with van der Waals surface area (Å²) in [7, 11) is 0. The van der Waals surface area contributed by atoms with E-state index in [-0.39, 0.29) is 29.2 Å². The van der Waals surface area contributed by atoms with Crippen LogP contribution in [0.1, 0.15) is 49.6 Å². The van der Waals surface area contributed by atoms with Crippen LogP contribution in [0.3, 0.4) is 0 Å². The van der Waals surface area contributed by atoms with E-state index in [9.17, 15) is 4.79 Å². The highest BCUT2D eigenvalue weighted by Gasteiger charge is 2.70. The zero-order chi connectivity index (χ0) is 23.1. The number of rotatable bonds is 4. The summed E-state index contributed by atoms with van der Waals surface area (Å²) < 4.78 is 19.5. The third kappa shape index (κ3) is 2.80. The van der Waals surface area contributed by atoms with E-state index in [1.807, 2.05) is 48.0 Å². The van der Waals surface area contributed by atoms with Gasteiger partial charge in [-0.15, -0.1) is 5.10 Å². The molecule has 5 aliphatic rings. The lowest BCUT2D eigenvalue weighted by atomic mass is 9.67. The minimum absolute atomic E-state index is 0.0854. The lowest BCUT2D eigenvalue weighted by Gasteiger charge is -2.49. The zero-order valence-corrected chi connectivity index (χ0v) is 19.4. The van der Waals surface area contributed by atoms with Gasteiger partial charge in [0, 0.05) is 31.0 Å². The molecule has 4 fully saturated rings. The molecule has 1 spiro atoms. The molecule has 8 rings (SSSR count). The van der Waals surface area contributed by atoms with Gasteiger partial charge in [0.15, 0.2) is 0 Å². The number of hydrogen-bond donors (Lipinski definition) is 0. The van der Waals surface area contributed by atoms with Crippen molar-refractivity contribution in [2.24, 2.45) is 0 Å². The van der Waals surface area contributed by atoms with E-state index < -0.39 is 0 Å². The molecule has 9 heteroatoms. The Kier molecular flexibility index (Phi) is 4.18. The molecule has 9 nitrogen and oxygen atoms in total. The molecule has 0 radical (unpaired) electrons. The fourth-order valence-corrected chi connectivity index (χ4v) is 6.31. The molecule has 1 amide bonds. The Morgan fingerprint density at radius 2 is 2.15 bits per heavy atom. The number of aromatic nitrogens is 4. The van der Waals surface area contributed by atoms with Gasteiger partial charge < -0.3 is 19.1 Å². The largest absolute Gasteiger partial charge is 0.484 e. The minimum Gasteiger partial charge on any atom is -0.484 e. The standard InChI is InChI=1S/C25H27N5O4/c1-15(34-18-3-4-21-20(7-18)19-5-6-32-10-17(19)8-26-21)22-9-30(28-27-22)24-11-25(12-24)14-33-16(2)23(31)29(25)13-24/h3-4,7-9,15-16H,5-6,10-14H2,1-2H3/t15-,16?,24?,25?/m1/s1. The number of pyridine rings is 1. The molecule has 2 aromatic heterocycles. The Morgan fingerprint density at radius 1 is 1.26 bits per heavy atom. The Bertz CT molecular complexity index is 1310. The molecule has 34 heavy (non-hydrogen) atoms. The summed E-state index contributed by atoms with van der Waals surface area (Å²) in [5.41, 5.74) is 3.83. The third-order valence-electron chi connectivity index (χ3n) is 8.08. The first-order chi connectivity index (χ1) is 16.5. The first kappa shape index (κ1) is 20.3. The molecule has 1 aromatic carbocycles. The smallest absolute Gasteiger partial charge is 0.252 e. The molecule has 3 saturated heterocycles. The number of carbonyl (C=O) groups excluding carboxylic acids is 1. The van der Waals surface area contributed by atoms with Crippen LogP contribution in [-0.4, -0.2) is 62.2 Å². The third-order valence-corrected chi connectivity index (χ3v) is 8.08. The van der Waals surface area contributed by atoms with Gasteiger partial charge in [0.25, 0.3) is 5.91 Å². The van der Waals surface area contributed by atoms with Crippen LogP contribution in [0.25, 0.3) is 10.9 Å². The highest BCUT2D eigenvalue weighted by molar-refractivity contribution is 5.85. The molecule has 2 bridgehead atoms. The van der Waals surface area contributed by atoms with Crippen LogP contribution >= 0.6 is 0 Å². The van der Waals surface area contributed by atoms with E-state index in [2.05, 4.69) is 21.4 Å². The SMILES string of the molecule is CC1OCC23CC(n4cc([C@@H](C)Oc5ccc6ncc7c(c6c5)CCOC7)nn4)(CN2C1=O)C3. The van der Waals surface area contributed by atoms with Gasteiger partial charge in [-0.2, -0.15) is 0 Å². The van der Waals surface area contributed by atoms with Crippen molar-refractivity contribution in [1.82, 2.24) is 24.9 Å². The minimum atomic E-state index is -0.364. The molecule has 3 aromatic rings. The summed E-state index contributed by atoms with van der Waals surface area (Å²) in [6.07, 6.45) is 5.88. The average molecular weight is 462 g/mol. The second kappa shape index (κ2) is 6.99. The van der Waals surface area contributed by atoms with E-state index in [1.54, 1.807) is 0 Å². The van der Waals surface area contributed by atoms with E-state index in [1.165, 1.54) is 5.56 Å². The predicted octanol–water partition coefficient (Wildman–Crippen LogP) is 2.53. The number of nitrogens with zero attached hydrogens (tertiary/aromatic N) is 5. The summed E-state index contributed by atoms with van der Waals surface area (Å²) in [6.45, 7) is 6.44. The van der Waals surface area contributed by atoms with Crippen LogP contribution in [-0.2, 0) is 32.8 Å². The lowest BCUT2D eigenvalue weighted by Crippen LogP contribution is -2.61. The fraction of sp³-hybridized carbons (Fsp3) is 0.520. The Hall–Kier alpha value is -3.04. The maximum Gasteiger partial charge on any atom is 0.252 e. The van der Waals surface area contributed by atoms with Gasteiger partial charge in [-0.3, -0.25) is 9.78 Å². The average Bonchev–Trinajstić information content (AvgIpc) is 3.53. The van der Waals surface area contributed by atoms with E-state index in [0.717, 1.165) is 53.8 Å². The number of benzene rings is 1. The van der Waals surface area contributed by atoms with Crippen molar-refractivity contribution in [3.05, 3.63) is 47.4 Å². The van der Waals surface area contributed by atoms with Crippen molar-refractivity contribution in [1.29, 1.82) is 0 Å². The monoisotopic (exact) mass is 461 g/mol. The highest BCUT2D eigenvalue weighted by Crippen LogP contribution is 2.59. The zero-order valence-electron chi connectivity index (χ0n) is 19.4. The maximum atomic E-state index is 12.6. The number of ether oxygens (including phenoxy) is 3. The molecule has 2 atom stereocenters. The molecule has 1 saturated carbocycles. The molecule has 1 aliphatic carbocycles. The Labute approximate surface area is 197 Å². The van der Waals surface area contributed by atoms with Crippen LogP contribution in [0, 0.1) is 0 Å². The first-order valence-electron chi connectivity index (χ1n) is 12.0. The molecule has 176 valence electrons. The van der Waals surface area contributed by atoms with E-state index in [0.29, 0.717) is 19.8 Å². The van der Waals surface area contributed by atoms with Gasteiger partial charge in [0.1, 0.15) is 23.7 Å². The molecule has 1 unspecified atom stereocenters. The quantitative estimate of drug-likeness (QED) is 0.590. The van der Waals surface area contributed by atoms with Crippen molar-refractivity contribution in [2.75, 3.05) is 19.8 Å². The van der Waals surface area contributed by atoms with Crippen molar-refractivity contribution in [3.63, 3.8) is 0 Å². The summed E-state index contributed by atoms with van der Waals surface area (Å²) in [6, 6.07) is 6.03. The number of fused-ring (bicyclic) bond motifs is 3. The normalized spacial score (nSPS) is 30.6. The molecular weight excluding hydrogens is 434 g/mol. The molecular formula is C25H27N5O4. The number of morpholine rings is 1. The van der Waals surface area contributed by atoms with Gasteiger partial charge in [-0.25, -0.2) is 4.68 Å². The Balaban J connectivity index is 1.12. The van der Waals surface area contributed by atoms with Crippen LogP contribution in [0.2, 0.25) is 0 Å². The fourth-order valence-electron chi connectivity index (χ4n) is 6.31. The van der Waals surface area contributed by atoms with Gasteiger partial charge in [0.2, 0.25) is 0 Å². The second-order valence-electron chi connectivity index (χ2n) is 10.3. The van der Waals surface area contributed by atoms with Crippen LogP contribution in [0.4, 0.5) is 0 Å². The summed E-state index contributed by atoms with van der Waals surface area (Å²) in [4.78, 5) is 19.2. The van der Waals surface area contributed by atoms with Crippen LogP contribution in [0.5, 0.6) is 5.75 Å². The van der Waals surface area contributed by atoms with Crippen molar-refractivity contribution in [2.45, 2.75) is 63.0 Å². The summed E-state index contributed by atoms with van der Waals surface area (Å²) in [5, 5.41) is 10.0. The van der Waals surface area contributed by atoms with Crippen molar-refractivity contribution >= 4 is 16.8 Å². The van der Waals surface area contributed by atoms with Gasteiger partial charge >= 0.3 is 0 Å². The van der Waals surface area contributed by atoms with Crippen molar-refractivity contribution in [3.8, 4) is 5.75 Å². The van der Waals surface area contributed by atoms with Crippen LogP contribution in [0.15, 0.2) is 30.6 Å². The maximum absolute atomic E-state index is 12.6. The highest BCUT2D eigenvalue weighted by atomic mass is 16.5. The first-order valence-corrected chi connectivity index (χ1v) is 12.0. The molecule has 6 heterocycles. The summed E-state index contributed by atoms with van der Waals surface area (Å²) >= 11 is 0. The molecule has 0 N–H and O–H groups in total. The predicted molar refractivity (Wildman–Crippen MR) is 121 cm³/mol.